The lowest BCUT2D eigenvalue weighted by Gasteiger charge is -2.16. The third kappa shape index (κ3) is 2.63. The number of carbonyl (C=O) groups excluding carboxylic acids is 1. The normalized spacial score (nSPS) is 16.1. The molecule has 1 fully saturated rings. The average Bonchev–Trinajstić information content (AvgIpc) is 2.79. The van der Waals surface area contributed by atoms with Crippen LogP contribution in [-0.4, -0.2) is 28.9 Å². The molecule has 0 N–H and O–H groups in total. The van der Waals surface area contributed by atoms with Gasteiger partial charge in [0.15, 0.2) is 0 Å². The summed E-state index contributed by atoms with van der Waals surface area (Å²) >= 11 is 0. The number of hydrogen-bond donors (Lipinski definition) is 0. The summed E-state index contributed by atoms with van der Waals surface area (Å²) < 4.78 is 37.8. The van der Waals surface area contributed by atoms with E-state index in [0.717, 1.165) is 18.9 Å². The molecule has 0 spiro atoms. The Balaban J connectivity index is 2.33. The maximum atomic E-state index is 12.6. The van der Waals surface area contributed by atoms with Gasteiger partial charge in [0, 0.05) is 24.3 Å². The summed E-state index contributed by atoms with van der Waals surface area (Å²) in [5, 5.41) is 0. The van der Waals surface area contributed by atoms with E-state index in [1.54, 1.807) is 4.90 Å². The first-order valence-electron chi connectivity index (χ1n) is 5.73. The Bertz CT molecular complexity index is 465. The summed E-state index contributed by atoms with van der Waals surface area (Å²) in [6, 6.07) is 2.23. The second-order valence-corrected chi connectivity index (χ2v) is 4.38. The summed E-state index contributed by atoms with van der Waals surface area (Å²) in [6.45, 7) is 2.68. The second kappa shape index (κ2) is 4.59. The molecule has 1 aliphatic heterocycles. The number of rotatable bonds is 1. The van der Waals surface area contributed by atoms with E-state index in [-0.39, 0.29) is 17.2 Å². The van der Waals surface area contributed by atoms with Crippen LogP contribution in [-0.2, 0) is 6.18 Å². The number of aryl methyl sites for hydroxylation is 1. The highest BCUT2D eigenvalue weighted by Gasteiger charge is 2.34. The fraction of sp³-hybridized carbons (Fsp3) is 0.500. The third-order valence-corrected chi connectivity index (χ3v) is 2.88. The van der Waals surface area contributed by atoms with Crippen LogP contribution in [0, 0.1) is 6.92 Å². The zero-order chi connectivity index (χ0) is 13.3. The van der Waals surface area contributed by atoms with Gasteiger partial charge < -0.3 is 4.90 Å². The molecule has 1 aliphatic rings. The molecule has 0 bridgehead atoms. The van der Waals surface area contributed by atoms with Crippen molar-refractivity contribution in [1.82, 2.24) is 9.88 Å². The van der Waals surface area contributed by atoms with Gasteiger partial charge in [0.2, 0.25) is 0 Å². The molecule has 0 saturated carbocycles. The van der Waals surface area contributed by atoms with Gasteiger partial charge in [-0.05, 0) is 31.9 Å². The van der Waals surface area contributed by atoms with E-state index in [9.17, 15) is 18.0 Å². The minimum atomic E-state index is -4.52. The highest BCUT2D eigenvalue weighted by atomic mass is 19.4. The monoisotopic (exact) mass is 258 g/mol. The number of amides is 1. The fourth-order valence-electron chi connectivity index (χ4n) is 2.04. The molecule has 6 heteroatoms. The Kier molecular flexibility index (Phi) is 3.28. The second-order valence-electron chi connectivity index (χ2n) is 4.38. The van der Waals surface area contributed by atoms with Gasteiger partial charge in [-0.3, -0.25) is 4.79 Å². The largest absolute Gasteiger partial charge is 0.433 e. The molecule has 2 heterocycles. The van der Waals surface area contributed by atoms with Crippen molar-refractivity contribution < 1.29 is 18.0 Å². The number of aromatic nitrogens is 1. The van der Waals surface area contributed by atoms with Crippen molar-refractivity contribution in [3.05, 3.63) is 29.1 Å². The molecule has 1 amide bonds. The predicted molar refractivity (Wildman–Crippen MR) is 59.1 cm³/mol. The van der Waals surface area contributed by atoms with Gasteiger partial charge in [0.25, 0.3) is 5.91 Å². The number of likely N-dealkylation sites (tertiary alicyclic amines) is 1. The number of pyridine rings is 1. The molecule has 1 aromatic heterocycles. The number of alkyl halides is 3. The highest BCUT2D eigenvalue weighted by Crippen LogP contribution is 2.29. The molecule has 0 aliphatic carbocycles. The fourth-order valence-corrected chi connectivity index (χ4v) is 2.04. The summed E-state index contributed by atoms with van der Waals surface area (Å²) in [4.78, 5) is 17.0. The Morgan fingerprint density at radius 1 is 1.28 bits per heavy atom. The zero-order valence-corrected chi connectivity index (χ0v) is 9.92. The van der Waals surface area contributed by atoms with E-state index in [1.165, 1.54) is 13.0 Å². The van der Waals surface area contributed by atoms with E-state index in [2.05, 4.69) is 4.98 Å². The van der Waals surface area contributed by atoms with Crippen LogP contribution in [0.25, 0.3) is 0 Å². The lowest BCUT2D eigenvalue weighted by Crippen LogP contribution is -2.28. The van der Waals surface area contributed by atoms with E-state index < -0.39 is 11.9 Å². The molecule has 18 heavy (non-hydrogen) atoms. The number of nitrogens with zero attached hydrogens (tertiary/aromatic N) is 2. The van der Waals surface area contributed by atoms with Gasteiger partial charge in [-0.25, -0.2) is 4.98 Å². The van der Waals surface area contributed by atoms with Gasteiger partial charge in [0.1, 0.15) is 5.69 Å². The van der Waals surface area contributed by atoms with E-state index >= 15 is 0 Å². The predicted octanol–water partition coefficient (Wildman–Crippen LogP) is 2.64. The van der Waals surface area contributed by atoms with Crippen molar-refractivity contribution in [2.45, 2.75) is 25.9 Å². The molecule has 98 valence electrons. The van der Waals surface area contributed by atoms with Crippen molar-refractivity contribution >= 4 is 5.91 Å². The molecule has 0 radical (unpaired) electrons. The van der Waals surface area contributed by atoms with Crippen molar-refractivity contribution in [2.24, 2.45) is 0 Å². The van der Waals surface area contributed by atoms with Crippen LogP contribution < -0.4 is 0 Å². The SMILES string of the molecule is Cc1cc(C(=O)N2CCCC2)cc(C(F)(F)F)n1. The topological polar surface area (TPSA) is 33.2 Å². The maximum absolute atomic E-state index is 12.6. The van der Waals surface area contributed by atoms with Crippen molar-refractivity contribution in [3.63, 3.8) is 0 Å². The van der Waals surface area contributed by atoms with Crippen LogP contribution in [0.2, 0.25) is 0 Å². The molecule has 0 atom stereocenters. The van der Waals surface area contributed by atoms with Gasteiger partial charge in [-0.15, -0.1) is 0 Å². The Labute approximate surface area is 103 Å². The molecule has 3 nitrogen and oxygen atoms in total. The summed E-state index contributed by atoms with van der Waals surface area (Å²) in [5.74, 6) is -0.344. The van der Waals surface area contributed by atoms with E-state index in [1.807, 2.05) is 0 Å². The molecule has 1 aromatic rings. The van der Waals surface area contributed by atoms with Crippen LogP contribution in [0.1, 0.15) is 34.6 Å². The quantitative estimate of drug-likeness (QED) is 0.775. The van der Waals surface area contributed by atoms with Crippen LogP contribution in [0.5, 0.6) is 0 Å². The van der Waals surface area contributed by atoms with E-state index in [0.29, 0.717) is 13.1 Å². The molecule has 0 aromatic carbocycles. The van der Waals surface area contributed by atoms with Gasteiger partial charge in [-0.2, -0.15) is 13.2 Å². The first kappa shape index (κ1) is 12.9. The summed E-state index contributed by atoms with van der Waals surface area (Å²) in [5.41, 5.74) is -0.742. The maximum Gasteiger partial charge on any atom is 0.433 e. The first-order chi connectivity index (χ1) is 8.38. The van der Waals surface area contributed by atoms with Crippen LogP contribution in [0.15, 0.2) is 12.1 Å². The Hall–Kier alpha value is -1.59. The van der Waals surface area contributed by atoms with E-state index in [4.69, 9.17) is 0 Å². The Morgan fingerprint density at radius 3 is 2.44 bits per heavy atom. The van der Waals surface area contributed by atoms with Crippen molar-refractivity contribution in [3.8, 4) is 0 Å². The van der Waals surface area contributed by atoms with Crippen LogP contribution in [0.3, 0.4) is 0 Å². The van der Waals surface area contributed by atoms with Gasteiger partial charge >= 0.3 is 6.18 Å². The minimum Gasteiger partial charge on any atom is -0.339 e. The molecular formula is C12H13F3N2O. The van der Waals surface area contributed by atoms with Crippen molar-refractivity contribution in [1.29, 1.82) is 0 Å². The summed E-state index contributed by atoms with van der Waals surface area (Å²) in [7, 11) is 0. The Morgan fingerprint density at radius 2 is 1.89 bits per heavy atom. The number of hydrogen-bond acceptors (Lipinski definition) is 2. The first-order valence-corrected chi connectivity index (χ1v) is 5.73. The number of carbonyl (C=O) groups is 1. The van der Waals surface area contributed by atoms with Crippen LogP contribution >= 0.6 is 0 Å². The smallest absolute Gasteiger partial charge is 0.339 e. The average molecular weight is 258 g/mol. The van der Waals surface area contributed by atoms with Gasteiger partial charge in [0.05, 0.1) is 0 Å². The zero-order valence-electron chi connectivity index (χ0n) is 9.92. The lowest BCUT2D eigenvalue weighted by molar-refractivity contribution is -0.141. The standard InChI is InChI=1S/C12H13F3N2O/c1-8-6-9(7-10(16-8)12(13,14)15)11(18)17-4-2-3-5-17/h6-7H,2-5H2,1H3. The molecule has 0 unspecified atom stereocenters. The molecular weight excluding hydrogens is 245 g/mol. The third-order valence-electron chi connectivity index (χ3n) is 2.88. The van der Waals surface area contributed by atoms with Crippen LogP contribution in [0.4, 0.5) is 13.2 Å². The minimum absolute atomic E-state index is 0.0664. The summed E-state index contributed by atoms with van der Waals surface area (Å²) in [6.07, 6.45) is -2.71. The lowest BCUT2D eigenvalue weighted by atomic mass is 10.1. The van der Waals surface area contributed by atoms with Crippen molar-refractivity contribution in [2.75, 3.05) is 13.1 Å². The highest BCUT2D eigenvalue weighted by molar-refractivity contribution is 5.94. The molecule has 2 rings (SSSR count). The number of halogens is 3. The van der Waals surface area contributed by atoms with Gasteiger partial charge in [-0.1, -0.05) is 0 Å². The molecule has 1 saturated heterocycles.